The van der Waals surface area contributed by atoms with Gasteiger partial charge in [0.1, 0.15) is 6.29 Å². The molecule has 54 valence electrons. The lowest BCUT2D eigenvalue weighted by Crippen LogP contribution is -1.85. The summed E-state index contributed by atoms with van der Waals surface area (Å²) in [5.74, 6) is 3.00. The van der Waals surface area contributed by atoms with Crippen LogP contribution in [0.2, 0.25) is 0 Å². The molecule has 0 atom stereocenters. The molecular formula is C6H12OS2. The van der Waals surface area contributed by atoms with Gasteiger partial charge in [0.15, 0.2) is 0 Å². The standard InChI is InChI=1S/C6H12OS2/c1-8-4-2-5-9-6-3-7/h3H,2,4-6H2,1H3. The Morgan fingerprint density at radius 1 is 1.44 bits per heavy atom. The van der Waals surface area contributed by atoms with E-state index in [4.69, 9.17) is 0 Å². The summed E-state index contributed by atoms with van der Waals surface area (Å²) in [5.41, 5.74) is 0. The lowest BCUT2D eigenvalue weighted by molar-refractivity contribution is -0.105. The average molecular weight is 164 g/mol. The molecule has 0 aliphatic carbocycles. The summed E-state index contributed by atoms with van der Waals surface area (Å²) in [6.07, 6.45) is 4.29. The number of aldehydes is 1. The van der Waals surface area contributed by atoms with E-state index in [1.165, 1.54) is 12.2 Å². The molecule has 0 bridgehead atoms. The van der Waals surface area contributed by atoms with E-state index in [9.17, 15) is 4.79 Å². The van der Waals surface area contributed by atoms with E-state index in [1.54, 1.807) is 11.8 Å². The highest BCUT2D eigenvalue weighted by Gasteiger charge is 1.86. The Morgan fingerprint density at radius 3 is 2.78 bits per heavy atom. The quantitative estimate of drug-likeness (QED) is 0.439. The van der Waals surface area contributed by atoms with Gasteiger partial charge in [-0.25, -0.2) is 0 Å². The first-order valence-corrected chi connectivity index (χ1v) is 5.47. The second-order valence-electron chi connectivity index (χ2n) is 1.59. The number of hydrogen-bond donors (Lipinski definition) is 0. The predicted molar refractivity (Wildman–Crippen MR) is 46.4 cm³/mol. The predicted octanol–water partition coefficient (Wildman–Crippen LogP) is 1.67. The molecule has 0 aliphatic rings. The largest absolute Gasteiger partial charge is 0.302 e. The zero-order chi connectivity index (χ0) is 6.95. The molecule has 0 heterocycles. The summed E-state index contributed by atoms with van der Waals surface area (Å²) < 4.78 is 0. The molecule has 0 rings (SSSR count). The summed E-state index contributed by atoms with van der Waals surface area (Å²) >= 11 is 3.57. The van der Waals surface area contributed by atoms with Gasteiger partial charge in [0.05, 0.1) is 0 Å². The minimum absolute atomic E-state index is 0.661. The second-order valence-corrected chi connectivity index (χ2v) is 3.72. The highest BCUT2D eigenvalue weighted by atomic mass is 32.2. The van der Waals surface area contributed by atoms with Crippen LogP contribution < -0.4 is 0 Å². The third-order valence-corrected chi connectivity index (χ3v) is 2.47. The first-order valence-electron chi connectivity index (χ1n) is 2.92. The lowest BCUT2D eigenvalue weighted by Gasteiger charge is -1.93. The zero-order valence-electron chi connectivity index (χ0n) is 5.63. The Labute approximate surface area is 65.0 Å². The molecular weight excluding hydrogens is 152 g/mol. The van der Waals surface area contributed by atoms with Gasteiger partial charge >= 0.3 is 0 Å². The molecule has 0 fully saturated rings. The van der Waals surface area contributed by atoms with Crippen LogP contribution in [0.4, 0.5) is 0 Å². The van der Waals surface area contributed by atoms with Crippen molar-refractivity contribution in [3.63, 3.8) is 0 Å². The van der Waals surface area contributed by atoms with Crippen molar-refractivity contribution in [3.8, 4) is 0 Å². The maximum Gasteiger partial charge on any atom is 0.129 e. The summed E-state index contributed by atoms with van der Waals surface area (Å²) in [6.45, 7) is 0. The summed E-state index contributed by atoms with van der Waals surface area (Å²) in [4.78, 5) is 9.81. The summed E-state index contributed by atoms with van der Waals surface area (Å²) in [7, 11) is 0. The van der Waals surface area contributed by atoms with Gasteiger partial charge in [-0.05, 0) is 24.2 Å². The topological polar surface area (TPSA) is 17.1 Å². The van der Waals surface area contributed by atoms with Gasteiger partial charge in [0.2, 0.25) is 0 Å². The van der Waals surface area contributed by atoms with E-state index in [0.29, 0.717) is 5.75 Å². The molecule has 0 aromatic heterocycles. The smallest absolute Gasteiger partial charge is 0.129 e. The fourth-order valence-corrected chi connectivity index (χ4v) is 1.66. The number of thioether (sulfide) groups is 2. The molecule has 0 amide bonds. The van der Waals surface area contributed by atoms with E-state index in [-0.39, 0.29) is 0 Å². The average Bonchev–Trinajstić information content (AvgIpc) is 1.89. The molecule has 0 unspecified atom stereocenters. The monoisotopic (exact) mass is 164 g/mol. The maximum atomic E-state index is 9.81. The molecule has 3 heteroatoms. The van der Waals surface area contributed by atoms with Gasteiger partial charge in [0.25, 0.3) is 0 Å². The SMILES string of the molecule is CSCCCSCC=O. The van der Waals surface area contributed by atoms with Crippen LogP contribution in [-0.4, -0.2) is 29.8 Å². The van der Waals surface area contributed by atoms with Crippen LogP contribution in [0.3, 0.4) is 0 Å². The third kappa shape index (κ3) is 8.37. The normalized spacial score (nSPS) is 9.44. The Balaban J connectivity index is 2.66. The van der Waals surface area contributed by atoms with Crippen LogP contribution in [0.25, 0.3) is 0 Å². The first kappa shape index (κ1) is 9.37. The highest BCUT2D eigenvalue weighted by molar-refractivity contribution is 8.00. The second kappa shape index (κ2) is 8.37. The van der Waals surface area contributed by atoms with Gasteiger partial charge in [-0.1, -0.05) is 0 Å². The van der Waals surface area contributed by atoms with Gasteiger partial charge in [0, 0.05) is 5.75 Å². The van der Waals surface area contributed by atoms with Crippen molar-refractivity contribution < 1.29 is 4.79 Å². The van der Waals surface area contributed by atoms with E-state index >= 15 is 0 Å². The van der Waals surface area contributed by atoms with E-state index in [1.807, 2.05) is 11.8 Å². The molecule has 0 saturated heterocycles. The minimum Gasteiger partial charge on any atom is -0.302 e. The molecule has 0 N–H and O–H groups in total. The molecule has 0 aromatic rings. The molecule has 0 saturated carbocycles. The third-order valence-electron chi connectivity index (χ3n) is 0.823. The van der Waals surface area contributed by atoms with Gasteiger partial charge in [-0.3, -0.25) is 0 Å². The van der Waals surface area contributed by atoms with Crippen molar-refractivity contribution in [3.05, 3.63) is 0 Å². The van der Waals surface area contributed by atoms with Gasteiger partial charge in [-0.2, -0.15) is 23.5 Å². The Hall–Kier alpha value is 0.370. The molecule has 0 aliphatic heterocycles. The zero-order valence-corrected chi connectivity index (χ0v) is 7.26. The number of rotatable bonds is 6. The Morgan fingerprint density at radius 2 is 2.22 bits per heavy atom. The van der Waals surface area contributed by atoms with Crippen molar-refractivity contribution >= 4 is 29.8 Å². The summed E-state index contributed by atoms with van der Waals surface area (Å²) in [6, 6.07) is 0. The fourth-order valence-electron chi connectivity index (χ4n) is 0.437. The van der Waals surface area contributed by atoms with E-state index in [0.717, 1.165) is 12.0 Å². The fraction of sp³-hybridized carbons (Fsp3) is 0.833. The van der Waals surface area contributed by atoms with Crippen molar-refractivity contribution in [2.24, 2.45) is 0 Å². The first-order chi connectivity index (χ1) is 4.41. The van der Waals surface area contributed by atoms with Crippen molar-refractivity contribution in [2.75, 3.05) is 23.5 Å². The molecule has 1 nitrogen and oxygen atoms in total. The van der Waals surface area contributed by atoms with Crippen LogP contribution in [-0.2, 0) is 4.79 Å². The number of carbonyl (C=O) groups is 1. The maximum absolute atomic E-state index is 9.81. The lowest BCUT2D eigenvalue weighted by atomic mass is 10.6. The van der Waals surface area contributed by atoms with Crippen LogP contribution in [0.15, 0.2) is 0 Å². The highest BCUT2D eigenvalue weighted by Crippen LogP contribution is 2.03. The van der Waals surface area contributed by atoms with Gasteiger partial charge in [-0.15, -0.1) is 0 Å². The van der Waals surface area contributed by atoms with Crippen molar-refractivity contribution in [2.45, 2.75) is 6.42 Å². The number of hydrogen-bond acceptors (Lipinski definition) is 3. The van der Waals surface area contributed by atoms with Crippen LogP contribution in [0, 0.1) is 0 Å². The van der Waals surface area contributed by atoms with Crippen molar-refractivity contribution in [1.29, 1.82) is 0 Å². The number of carbonyl (C=O) groups excluding carboxylic acids is 1. The molecule has 0 aromatic carbocycles. The van der Waals surface area contributed by atoms with Crippen LogP contribution >= 0.6 is 23.5 Å². The van der Waals surface area contributed by atoms with Gasteiger partial charge < -0.3 is 4.79 Å². The van der Waals surface area contributed by atoms with Crippen LogP contribution in [0.5, 0.6) is 0 Å². The van der Waals surface area contributed by atoms with Crippen LogP contribution in [0.1, 0.15) is 6.42 Å². The van der Waals surface area contributed by atoms with E-state index in [2.05, 4.69) is 6.26 Å². The Bertz CT molecular complexity index is 66.1. The molecule has 9 heavy (non-hydrogen) atoms. The molecule has 0 radical (unpaired) electrons. The molecule has 0 spiro atoms. The minimum atomic E-state index is 0.661. The Kier molecular flexibility index (Phi) is 8.71. The van der Waals surface area contributed by atoms with E-state index < -0.39 is 0 Å². The summed E-state index contributed by atoms with van der Waals surface area (Å²) in [5, 5.41) is 0. The van der Waals surface area contributed by atoms with Crippen molar-refractivity contribution in [1.82, 2.24) is 0 Å².